The van der Waals surface area contributed by atoms with Crippen molar-refractivity contribution in [3.05, 3.63) is 28.2 Å². The fourth-order valence-electron chi connectivity index (χ4n) is 1.23. The van der Waals surface area contributed by atoms with Crippen LogP contribution in [0.25, 0.3) is 5.65 Å². The predicted molar refractivity (Wildman–Crippen MR) is 52.9 cm³/mol. The summed E-state index contributed by atoms with van der Waals surface area (Å²) < 4.78 is 1.47. The van der Waals surface area contributed by atoms with Gasteiger partial charge in [-0.2, -0.15) is 5.10 Å². The lowest BCUT2D eigenvalue weighted by molar-refractivity contribution is 0.111. The Morgan fingerprint density at radius 3 is 2.86 bits per heavy atom. The summed E-state index contributed by atoms with van der Waals surface area (Å²) in [5, 5.41) is 4.49. The first kappa shape index (κ1) is 9.15. The summed E-state index contributed by atoms with van der Waals surface area (Å²) in [6, 6.07) is 1.60. The van der Waals surface area contributed by atoms with E-state index in [2.05, 4.69) is 10.1 Å². The van der Waals surface area contributed by atoms with Gasteiger partial charge < -0.3 is 0 Å². The first-order valence-electron chi connectivity index (χ1n) is 4.11. The summed E-state index contributed by atoms with van der Waals surface area (Å²) in [5.41, 5.74) is 2.66. The molecule has 2 heterocycles. The second-order valence-corrected chi connectivity index (χ2v) is 3.43. The molecule has 0 aromatic carbocycles. The summed E-state index contributed by atoms with van der Waals surface area (Å²) >= 11 is 6.05. The van der Waals surface area contributed by atoms with E-state index in [9.17, 15) is 4.79 Å². The highest BCUT2D eigenvalue weighted by molar-refractivity contribution is 6.30. The Balaban J connectivity index is 2.87. The van der Waals surface area contributed by atoms with E-state index in [0.717, 1.165) is 11.3 Å². The molecule has 2 rings (SSSR count). The second-order valence-electron chi connectivity index (χ2n) is 3.07. The lowest BCUT2D eigenvalue weighted by Gasteiger charge is -2.03. The van der Waals surface area contributed by atoms with Crippen LogP contribution in [0.1, 0.15) is 21.7 Å². The van der Waals surface area contributed by atoms with Gasteiger partial charge in [0.2, 0.25) is 0 Å². The van der Waals surface area contributed by atoms with Gasteiger partial charge >= 0.3 is 0 Å². The molecule has 4 nitrogen and oxygen atoms in total. The lowest BCUT2D eigenvalue weighted by Crippen LogP contribution is -1.98. The lowest BCUT2D eigenvalue weighted by atomic mass is 10.3. The van der Waals surface area contributed by atoms with E-state index in [-0.39, 0.29) is 0 Å². The zero-order valence-corrected chi connectivity index (χ0v) is 8.54. The van der Waals surface area contributed by atoms with Gasteiger partial charge in [-0.15, -0.1) is 0 Å². The topological polar surface area (TPSA) is 47.3 Å². The van der Waals surface area contributed by atoms with Crippen LogP contribution in [0.15, 0.2) is 6.07 Å². The molecule has 0 aliphatic carbocycles. The Labute approximate surface area is 85.5 Å². The molecule has 0 fully saturated rings. The number of fused-ring (bicyclic) bond motifs is 1. The third-order valence-electron chi connectivity index (χ3n) is 2.15. The van der Waals surface area contributed by atoms with Crippen molar-refractivity contribution >= 4 is 23.5 Å². The highest BCUT2D eigenvalue weighted by Gasteiger charge is 2.09. The molecular weight excluding hydrogens is 202 g/mol. The fourth-order valence-corrected chi connectivity index (χ4v) is 1.50. The first-order valence-corrected chi connectivity index (χ1v) is 4.49. The maximum absolute atomic E-state index is 10.5. The molecule has 0 unspecified atom stereocenters. The van der Waals surface area contributed by atoms with Crippen molar-refractivity contribution in [2.75, 3.05) is 0 Å². The highest BCUT2D eigenvalue weighted by atomic mass is 35.5. The molecule has 0 aliphatic heterocycles. The maximum atomic E-state index is 10.5. The van der Waals surface area contributed by atoms with Crippen LogP contribution in [0, 0.1) is 13.8 Å². The minimum absolute atomic E-state index is 0.337. The maximum Gasteiger partial charge on any atom is 0.170 e. The molecule has 0 aliphatic rings. The van der Waals surface area contributed by atoms with Crippen LogP contribution in [0.4, 0.5) is 0 Å². The zero-order chi connectivity index (χ0) is 10.3. The van der Waals surface area contributed by atoms with Crippen molar-refractivity contribution in [1.82, 2.24) is 14.6 Å². The van der Waals surface area contributed by atoms with Crippen LogP contribution >= 0.6 is 11.6 Å². The van der Waals surface area contributed by atoms with Crippen LogP contribution in [-0.4, -0.2) is 20.9 Å². The summed E-state index contributed by atoms with van der Waals surface area (Å²) in [4.78, 5) is 14.8. The number of nitrogens with zero attached hydrogens (tertiary/aromatic N) is 3. The van der Waals surface area contributed by atoms with Crippen LogP contribution in [0.2, 0.25) is 5.15 Å². The number of carbonyl (C=O) groups excluding carboxylic acids is 1. The van der Waals surface area contributed by atoms with Crippen molar-refractivity contribution in [3.8, 4) is 0 Å². The normalized spacial score (nSPS) is 10.8. The van der Waals surface area contributed by atoms with Crippen molar-refractivity contribution in [3.63, 3.8) is 0 Å². The third kappa shape index (κ3) is 1.19. The molecule has 72 valence electrons. The molecule has 5 heteroatoms. The van der Waals surface area contributed by atoms with Crippen LogP contribution < -0.4 is 0 Å². The van der Waals surface area contributed by atoms with Gasteiger partial charge in [-0.25, -0.2) is 9.50 Å². The summed E-state index contributed by atoms with van der Waals surface area (Å²) in [7, 11) is 0. The average molecular weight is 210 g/mol. The Hall–Kier alpha value is -1.42. The summed E-state index contributed by atoms with van der Waals surface area (Å²) in [5.74, 6) is 0. The number of halogens is 1. The number of aryl methyl sites for hydroxylation is 1. The van der Waals surface area contributed by atoms with Crippen molar-refractivity contribution in [2.24, 2.45) is 0 Å². The Kier molecular flexibility index (Phi) is 2.00. The molecular formula is C9H8ClN3O. The second kappa shape index (κ2) is 3.06. The number of aldehydes is 1. The average Bonchev–Trinajstić information content (AvgIpc) is 2.57. The predicted octanol–water partition coefficient (Wildman–Crippen LogP) is 1.81. The smallest absolute Gasteiger partial charge is 0.170 e. The van der Waals surface area contributed by atoms with E-state index >= 15 is 0 Å². The van der Waals surface area contributed by atoms with E-state index in [1.807, 2.05) is 13.8 Å². The molecule has 0 bridgehead atoms. The van der Waals surface area contributed by atoms with Gasteiger partial charge in [0.05, 0.1) is 0 Å². The van der Waals surface area contributed by atoms with Gasteiger partial charge in [0.1, 0.15) is 10.8 Å². The zero-order valence-electron chi connectivity index (χ0n) is 7.78. The van der Waals surface area contributed by atoms with Gasteiger partial charge in [-0.3, -0.25) is 4.79 Å². The Morgan fingerprint density at radius 2 is 2.21 bits per heavy atom. The van der Waals surface area contributed by atoms with Gasteiger partial charge in [-0.1, -0.05) is 11.6 Å². The van der Waals surface area contributed by atoms with E-state index in [4.69, 9.17) is 11.6 Å². The SMILES string of the molecule is Cc1nc2cc(C=O)nn2c(Cl)c1C. The number of rotatable bonds is 1. The van der Waals surface area contributed by atoms with Gasteiger partial charge in [0.15, 0.2) is 11.9 Å². The molecule has 0 atom stereocenters. The van der Waals surface area contributed by atoms with Gasteiger partial charge in [0.25, 0.3) is 0 Å². The number of carbonyl (C=O) groups is 1. The Bertz CT molecular complexity index is 518. The molecule has 0 N–H and O–H groups in total. The Morgan fingerprint density at radius 1 is 1.50 bits per heavy atom. The van der Waals surface area contributed by atoms with Crippen molar-refractivity contribution < 1.29 is 4.79 Å². The molecule has 0 radical (unpaired) electrons. The largest absolute Gasteiger partial charge is 0.296 e. The first-order chi connectivity index (χ1) is 6.63. The molecule has 2 aromatic heterocycles. The molecule has 0 amide bonds. The number of hydrogen-bond donors (Lipinski definition) is 0. The number of aromatic nitrogens is 3. The van der Waals surface area contributed by atoms with Gasteiger partial charge in [-0.05, 0) is 13.8 Å². The molecule has 0 saturated heterocycles. The summed E-state index contributed by atoms with van der Waals surface area (Å²) in [6.07, 6.45) is 0.676. The van der Waals surface area contributed by atoms with Crippen LogP contribution in [0.3, 0.4) is 0 Å². The monoisotopic (exact) mass is 209 g/mol. The number of hydrogen-bond acceptors (Lipinski definition) is 3. The minimum atomic E-state index is 0.337. The van der Waals surface area contributed by atoms with Crippen LogP contribution in [0.5, 0.6) is 0 Å². The third-order valence-corrected chi connectivity index (χ3v) is 2.59. The molecule has 0 saturated carbocycles. The molecule has 2 aromatic rings. The minimum Gasteiger partial charge on any atom is -0.296 e. The van der Waals surface area contributed by atoms with Crippen LogP contribution in [-0.2, 0) is 0 Å². The highest BCUT2D eigenvalue weighted by Crippen LogP contribution is 2.18. The van der Waals surface area contributed by atoms with E-state index < -0.39 is 0 Å². The van der Waals surface area contributed by atoms with Crippen molar-refractivity contribution in [1.29, 1.82) is 0 Å². The van der Waals surface area contributed by atoms with E-state index in [1.54, 1.807) is 6.07 Å². The molecule has 0 spiro atoms. The van der Waals surface area contributed by atoms with E-state index in [0.29, 0.717) is 22.8 Å². The van der Waals surface area contributed by atoms with Gasteiger partial charge in [0, 0.05) is 17.3 Å². The quantitative estimate of drug-likeness (QED) is 0.532. The molecule has 14 heavy (non-hydrogen) atoms. The summed E-state index contributed by atoms with van der Waals surface area (Å²) in [6.45, 7) is 3.74. The standard InChI is InChI=1S/C9H8ClN3O/c1-5-6(2)11-8-3-7(4-14)12-13(8)9(5)10/h3-4H,1-2H3. The van der Waals surface area contributed by atoms with Crippen molar-refractivity contribution in [2.45, 2.75) is 13.8 Å². The fraction of sp³-hybridized carbons (Fsp3) is 0.222. The van der Waals surface area contributed by atoms with E-state index in [1.165, 1.54) is 4.52 Å².